The molecule has 8 heteroatoms. The molecule has 2 unspecified atom stereocenters. The van der Waals surface area contributed by atoms with E-state index in [1.807, 2.05) is 18.2 Å². The first-order chi connectivity index (χ1) is 8.58. The minimum absolute atomic E-state index is 0. The summed E-state index contributed by atoms with van der Waals surface area (Å²) in [5, 5.41) is 13.7. The fourth-order valence-electron chi connectivity index (χ4n) is 1.68. The van der Waals surface area contributed by atoms with E-state index in [2.05, 4.69) is 15.3 Å². The third-order valence-electron chi connectivity index (χ3n) is 2.55. The van der Waals surface area contributed by atoms with Gasteiger partial charge in [-0.3, -0.25) is 5.43 Å². The molecule has 0 spiro atoms. The number of hydrazone groups is 1. The molecule has 1 aliphatic heterocycles. The molecule has 0 bridgehead atoms. The largest absolute Gasteiger partial charge is 0.465 e. The number of hydrogen-bond acceptors (Lipinski definition) is 7. The summed E-state index contributed by atoms with van der Waals surface area (Å²) in [4.78, 5) is 11.7. The van der Waals surface area contributed by atoms with Crippen molar-refractivity contribution < 1.29 is 14.6 Å². The van der Waals surface area contributed by atoms with Crippen molar-refractivity contribution in [3.8, 4) is 0 Å². The van der Waals surface area contributed by atoms with E-state index in [4.69, 9.17) is 5.73 Å². The van der Waals surface area contributed by atoms with Crippen molar-refractivity contribution in [1.82, 2.24) is 5.43 Å². The second-order valence-corrected chi connectivity index (χ2v) is 4.85. The fourth-order valence-corrected chi connectivity index (χ4v) is 2.63. The number of carbonyl (C=O) groups excluding carboxylic acids is 1. The van der Waals surface area contributed by atoms with Crippen molar-refractivity contribution in [2.45, 2.75) is 11.0 Å². The molecule has 1 aromatic carbocycles. The fraction of sp³-hybridized carbons (Fsp3) is 0.273. The topological polar surface area (TPSA) is 96.9 Å². The van der Waals surface area contributed by atoms with Gasteiger partial charge in [-0.05, 0) is 5.56 Å². The molecule has 2 atom stereocenters. The Morgan fingerprint density at radius 1 is 1.53 bits per heavy atom. The van der Waals surface area contributed by atoms with Crippen LogP contribution in [0.3, 0.4) is 0 Å². The molecule has 19 heavy (non-hydrogen) atoms. The van der Waals surface area contributed by atoms with Gasteiger partial charge in [-0.2, -0.15) is 5.10 Å². The Hall–Kier alpha value is -1.44. The molecule has 2 rings (SSSR count). The number of halogens is 1. The van der Waals surface area contributed by atoms with Gasteiger partial charge in [0.15, 0.2) is 5.17 Å². The molecule has 1 aliphatic rings. The van der Waals surface area contributed by atoms with Crippen LogP contribution >= 0.6 is 24.2 Å². The minimum Gasteiger partial charge on any atom is -0.465 e. The lowest BCUT2D eigenvalue weighted by Crippen LogP contribution is -2.57. The summed E-state index contributed by atoms with van der Waals surface area (Å²) in [6.45, 7) is 0. The van der Waals surface area contributed by atoms with E-state index in [0.29, 0.717) is 0 Å². The minimum atomic E-state index is -1.93. The van der Waals surface area contributed by atoms with Gasteiger partial charge in [0.2, 0.25) is 0 Å². The third kappa shape index (κ3) is 2.94. The van der Waals surface area contributed by atoms with Crippen molar-refractivity contribution >= 4 is 35.3 Å². The quantitative estimate of drug-likeness (QED) is 0.692. The first-order valence-electron chi connectivity index (χ1n) is 5.20. The van der Waals surface area contributed by atoms with Crippen LogP contribution in [0, 0.1) is 0 Å². The van der Waals surface area contributed by atoms with Gasteiger partial charge in [0.1, 0.15) is 0 Å². The number of aliphatic hydroxyl groups is 1. The van der Waals surface area contributed by atoms with E-state index >= 15 is 0 Å². The third-order valence-corrected chi connectivity index (χ3v) is 3.74. The average Bonchev–Trinajstić information content (AvgIpc) is 2.41. The zero-order valence-corrected chi connectivity index (χ0v) is 11.7. The summed E-state index contributed by atoms with van der Waals surface area (Å²) < 4.78 is 4.60. The smallest absolute Gasteiger partial charge is 0.362 e. The van der Waals surface area contributed by atoms with Crippen LogP contribution in [0.5, 0.6) is 0 Å². The van der Waals surface area contributed by atoms with Crippen molar-refractivity contribution in [3.63, 3.8) is 0 Å². The Kier molecular flexibility index (Phi) is 5.04. The average molecular weight is 304 g/mol. The highest BCUT2D eigenvalue weighted by molar-refractivity contribution is 8.14. The van der Waals surface area contributed by atoms with Gasteiger partial charge in [-0.25, -0.2) is 4.79 Å². The van der Waals surface area contributed by atoms with Crippen LogP contribution in [0.4, 0.5) is 0 Å². The van der Waals surface area contributed by atoms with Crippen LogP contribution in [0.1, 0.15) is 10.8 Å². The number of nitrogens with zero attached hydrogens (tertiary/aromatic N) is 1. The second-order valence-electron chi connectivity index (χ2n) is 3.73. The SMILES string of the molecule is COC(=O)C1(O)NN=C(N)SC1c1ccccc1.Cl. The van der Waals surface area contributed by atoms with E-state index < -0.39 is 16.9 Å². The molecule has 4 N–H and O–H groups in total. The Labute approximate surface area is 120 Å². The van der Waals surface area contributed by atoms with Crippen molar-refractivity contribution in [3.05, 3.63) is 35.9 Å². The van der Waals surface area contributed by atoms with Crippen molar-refractivity contribution in [2.75, 3.05) is 7.11 Å². The number of thioether (sulfide) groups is 1. The zero-order chi connectivity index (χ0) is 13.2. The van der Waals surface area contributed by atoms with E-state index in [0.717, 1.165) is 17.3 Å². The number of amidine groups is 1. The first kappa shape index (κ1) is 15.6. The molecule has 0 amide bonds. The molecule has 0 aromatic heterocycles. The molecule has 6 nitrogen and oxygen atoms in total. The van der Waals surface area contributed by atoms with Gasteiger partial charge in [0.25, 0.3) is 5.72 Å². The molecule has 0 radical (unpaired) electrons. The summed E-state index contributed by atoms with van der Waals surface area (Å²) >= 11 is 1.10. The van der Waals surface area contributed by atoms with Crippen molar-refractivity contribution in [2.24, 2.45) is 10.8 Å². The van der Waals surface area contributed by atoms with Gasteiger partial charge in [0.05, 0.1) is 12.4 Å². The van der Waals surface area contributed by atoms with Crippen LogP contribution in [-0.2, 0) is 9.53 Å². The molecule has 0 saturated carbocycles. The summed E-state index contributed by atoms with van der Waals surface area (Å²) in [5.74, 6) is -0.805. The predicted molar refractivity (Wildman–Crippen MR) is 75.7 cm³/mol. The molecule has 0 saturated heterocycles. The summed E-state index contributed by atoms with van der Waals surface area (Å²) in [7, 11) is 1.20. The Bertz CT molecular complexity index is 485. The molecule has 1 heterocycles. The van der Waals surface area contributed by atoms with Gasteiger partial charge in [0, 0.05) is 0 Å². The van der Waals surface area contributed by atoms with Gasteiger partial charge in [-0.15, -0.1) is 12.4 Å². The number of carbonyl (C=O) groups is 1. The maximum Gasteiger partial charge on any atom is 0.362 e. The number of nitrogens with one attached hydrogen (secondary N) is 1. The van der Waals surface area contributed by atoms with Crippen LogP contribution in [0.25, 0.3) is 0 Å². The summed E-state index contributed by atoms with van der Waals surface area (Å²) in [6.07, 6.45) is 0. The number of hydrogen-bond donors (Lipinski definition) is 3. The lowest BCUT2D eigenvalue weighted by molar-refractivity contribution is -0.166. The maximum atomic E-state index is 11.7. The highest BCUT2D eigenvalue weighted by Gasteiger charge is 2.49. The van der Waals surface area contributed by atoms with Crippen LogP contribution in [0.2, 0.25) is 0 Å². The molecule has 0 fully saturated rings. The van der Waals surface area contributed by atoms with Crippen LogP contribution < -0.4 is 11.2 Å². The Morgan fingerprint density at radius 3 is 2.74 bits per heavy atom. The number of benzene rings is 1. The maximum absolute atomic E-state index is 11.7. The van der Waals surface area contributed by atoms with E-state index in [1.165, 1.54) is 7.11 Å². The summed E-state index contributed by atoms with van der Waals surface area (Å²) in [5.41, 5.74) is 6.80. The number of methoxy groups -OCH3 is 1. The Morgan fingerprint density at radius 2 is 2.16 bits per heavy atom. The molecule has 104 valence electrons. The monoisotopic (exact) mass is 303 g/mol. The number of rotatable bonds is 2. The predicted octanol–water partition coefficient (Wildman–Crippen LogP) is 0.577. The van der Waals surface area contributed by atoms with Gasteiger partial charge in [-0.1, -0.05) is 42.1 Å². The normalized spacial score (nSPS) is 25.6. The van der Waals surface area contributed by atoms with Gasteiger partial charge >= 0.3 is 5.97 Å². The highest BCUT2D eigenvalue weighted by atomic mass is 35.5. The molecule has 1 aromatic rings. The van der Waals surface area contributed by atoms with Crippen LogP contribution in [0.15, 0.2) is 35.4 Å². The van der Waals surface area contributed by atoms with E-state index in [-0.39, 0.29) is 17.6 Å². The highest BCUT2D eigenvalue weighted by Crippen LogP contribution is 2.40. The number of esters is 1. The van der Waals surface area contributed by atoms with Gasteiger partial charge < -0.3 is 15.6 Å². The lowest BCUT2D eigenvalue weighted by atomic mass is 10.0. The second kappa shape index (κ2) is 6.14. The van der Waals surface area contributed by atoms with Crippen molar-refractivity contribution in [1.29, 1.82) is 0 Å². The summed E-state index contributed by atoms with van der Waals surface area (Å²) in [6, 6.07) is 9.07. The molecular formula is C11H14ClN3O3S. The standard InChI is InChI=1S/C11H13N3O3S.ClH/c1-17-9(15)11(16)8(18-10(12)13-14-11)7-5-3-2-4-6-7;/h2-6,8,14,16H,1H3,(H2,12,13);1H. The molecular weight excluding hydrogens is 290 g/mol. The lowest BCUT2D eigenvalue weighted by Gasteiger charge is -2.35. The first-order valence-corrected chi connectivity index (χ1v) is 6.08. The van der Waals surface area contributed by atoms with Crippen LogP contribution in [-0.4, -0.2) is 29.1 Å². The molecule has 0 aliphatic carbocycles. The Balaban J connectivity index is 0.00000180. The number of ether oxygens (including phenoxy) is 1. The number of nitrogens with two attached hydrogens (primary N) is 1. The van der Waals surface area contributed by atoms with E-state index in [1.54, 1.807) is 12.1 Å². The zero-order valence-electron chi connectivity index (χ0n) is 10.1. The van der Waals surface area contributed by atoms with E-state index in [9.17, 15) is 9.90 Å².